The van der Waals surface area contributed by atoms with Crippen LogP contribution in [0.2, 0.25) is 0 Å². The molecule has 0 spiro atoms. The lowest BCUT2D eigenvalue weighted by molar-refractivity contribution is -0.142. The smallest absolute Gasteiger partial charge is 0.433 e. The predicted molar refractivity (Wildman–Crippen MR) is 63.0 cm³/mol. The summed E-state index contributed by atoms with van der Waals surface area (Å²) < 4.78 is 37.0. The second-order valence-electron chi connectivity index (χ2n) is 4.11. The molecule has 1 amide bonds. The number of hydrogen-bond acceptors (Lipinski definition) is 3. The average Bonchev–Trinajstić information content (AvgIpc) is 2.37. The van der Waals surface area contributed by atoms with Gasteiger partial charge in [0.25, 0.3) is 5.91 Å². The summed E-state index contributed by atoms with van der Waals surface area (Å²) in [5.41, 5.74) is -1.21. The summed E-state index contributed by atoms with van der Waals surface area (Å²) in [6.45, 7) is 1.59. The van der Waals surface area contributed by atoms with Crippen LogP contribution in [0.15, 0.2) is 18.3 Å². The largest absolute Gasteiger partial charge is 0.480 e. The van der Waals surface area contributed by atoms with Gasteiger partial charge in [-0.15, -0.1) is 0 Å². The summed E-state index contributed by atoms with van der Waals surface area (Å²) in [6, 6.07) is 0.622. The van der Waals surface area contributed by atoms with Gasteiger partial charge in [0.1, 0.15) is 11.7 Å². The highest BCUT2D eigenvalue weighted by Crippen LogP contribution is 2.27. The highest BCUT2D eigenvalue weighted by atomic mass is 19.4. The van der Waals surface area contributed by atoms with E-state index in [9.17, 15) is 22.8 Å². The van der Waals surface area contributed by atoms with Crippen LogP contribution in [0.3, 0.4) is 0 Å². The molecule has 0 aromatic carbocycles. The molecule has 0 bridgehead atoms. The summed E-state index contributed by atoms with van der Waals surface area (Å²) in [5, 5.41) is 8.93. The number of alkyl halides is 3. The Morgan fingerprint density at radius 2 is 2.00 bits per heavy atom. The molecule has 0 fully saturated rings. The first-order valence-corrected chi connectivity index (χ1v) is 5.71. The number of halogens is 3. The number of carboxylic acids is 1. The lowest BCUT2D eigenvalue weighted by atomic mass is 10.1. The minimum atomic E-state index is -4.58. The third kappa shape index (κ3) is 3.46. The van der Waals surface area contributed by atoms with Gasteiger partial charge in [0.05, 0.1) is 5.56 Å². The van der Waals surface area contributed by atoms with E-state index in [2.05, 4.69) is 4.98 Å². The summed E-state index contributed by atoms with van der Waals surface area (Å²) >= 11 is 0. The first-order chi connectivity index (χ1) is 9.18. The lowest BCUT2D eigenvalue weighted by Gasteiger charge is -2.23. The minimum absolute atomic E-state index is 0.0970. The standard InChI is InChI=1S/C12H13F3N2O3/c1-3-8(11(19)20)17(2)10(18)7-4-5-9(16-6-7)12(13,14)15/h4-6,8H,3H2,1-2H3,(H,19,20). The first-order valence-electron chi connectivity index (χ1n) is 5.71. The van der Waals surface area contributed by atoms with Crippen LogP contribution in [0.5, 0.6) is 0 Å². The molecule has 1 heterocycles. The van der Waals surface area contributed by atoms with Gasteiger partial charge in [-0.1, -0.05) is 6.92 Å². The molecular formula is C12H13F3N2O3. The molecule has 0 saturated carbocycles. The maximum Gasteiger partial charge on any atom is 0.433 e. The Labute approximate surface area is 113 Å². The molecule has 8 heteroatoms. The number of rotatable bonds is 4. The van der Waals surface area contributed by atoms with E-state index in [4.69, 9.17) is 5.11 Å². The van der Waals surface area contributed by atoms with Crippen molar-refractivity contribution in [3.8, 4) is 0 Å². The van der Waals surface area contributed by atoms with E-state index in [0.717, 1.165) is 17.2 Å². The number of carbonyl (C=O) groups is 2. The van der Waals surface area contributed by atoms with Gasteiger partial charge >= 0.3 is 12.1 Å². The Hall–Kier alpha value is -2.12. The second kappa shape index (κ2) is 5.89. The molecule has 1 aromatic heterocycles. The van der Waals surface area contributed by atoms with E-state index < -0.39 is 29.8 Å². The van der Waals surface area contributed by atoms with Crippen LogP contribution in [0, 0.1) is 0 Å². The lowest BCUT2D eigenvalue weighted by Crippen LogP contribution is -2.42. The van der Waals surface area contributed by atoms with Crippen molar-refractivity contribution in [1.82, 2.24) is 9.88 Å². The topological polar surface area (TPSA) is 70.5 Å². The van der Waals surface area contributed by atoms with Crippen molar-refractivity contribution in [3.05, 3.63) is 29.6 Å². The van der Waals surface area contributed by atoms with Crippen LogP contribution in [0.1, 0.15) is 29.4 Å². The highest BCUT2D eigenvalue weighted by Gasteiger charge is 2.33. The maximum atomic E-state index is 12.3. The highest BCUT2D eigenvalue weighted by molar-refractivity contribution is 5.96. The van der Waals surface area contributed by atoms with Crippen molar-refractivity contribution in [2.45, 2.75) is 25.6 Å². The Balaban J connectivity index is 2.95. The van der Waals surface area contributed by atoms with E-state index in [1.54, 1.807) is 6.92 Å². The molecule has 5 nitrogen and oxygen atoms in total. The SMILES string of the molecule is CCC(C(=O)O)N(C)C(=O)c1ccc(C(F)(F)F)nc1. The van der Waals surface area contributed by atoms with E-state index in [0.29, 0.717) is 6.07 Å². The first kappa shape index (κ1) is 15.9. The molecule has 1 N–H and O–H groups in total. The summed E-state index contributed by atoms with van der Waals surface area (Å²) in [5.74, 6) is -1.87. The quantitative estimate of drug-likeness (QED) is 0.921. The fourth-order valence-corrected chi connectivity index (χ4v) is 1.65. The van der Waals surface area contributed by atoms with Crippen molar-refractivity contribution in [1.29, 1.82) is 0 Å². The molecule has 1 atom stereocenters. The number of amides is 1. The third-order valence-electron chi connectivity index (χ3n) is 2.76. The van der Waals surface area contributed by atoms with E-state index in [-0.39, 0.29) is 12.0 Å². The molecule has 0 aliphatic carbocycles. The van der Waals surface area contributed by atoms with Crippen molar-refractivity contribution in [2.24, 2.45) is 0 Å². The van der Waals surface area contributed by atoms with Gasteiger partial charge in [-0.05, 0) is 18.6 Å². The molecule has 0 aliphatic heterocycles. The van der Waals surface area contributed by atoms with Gasteiger partial charge in [-0.25, -0.2) is 4.79 Å². The fraction of sp³-hybridized carbons (Fsp3) is 0.417. The fourth-order valence-electron chi connectivity index (χ4n) is 1.65. The molecule has 1 rings (SSSR count). The van der Waals surface area contributed by atoms with Crippen molar-refractivity contribution in [2.75, 3.05) is 7.05 Å². The normalized spacial score (nSPS) is 12.8. The van der Waals surface area contributed by atoms with Gasteiger partial charge in [0.15, 0.2) is 0 Å². The summed E-state index contributed by atoms with van der Waals surface area (Å²) in [7, 11) is 1.28. The van der Waals surface area contributed by atoms with E-state index >= 15 is 0 Å². The number of likely N-dealkylation sites (N-methyl/N-ethyl adjacent to an activating group) is 1. The number of nitrogens with zero attached hydrogens (tertiary/aromatic N) is 2. The number of aliphatic carboxylic acids is 1. The van der Waals surface area contributed by atoms with Gasteiger partial charge in [-0.2, -0.15) is 13.2 Å². The molecule has 110 valence electrons. The van der Waals surface area contributed by atoms with Gasteiger partial charge in [0.2, 0.25) is 0 Å². The number of hydrogen-bond donors (Lipinski definition) is 1. The molecule has 1 aromatic rings. The van der Waals surface area contributed by atoms with Crippen LogP contribution in [0.25, 0.3) is 0 Å². The van der Waals surface area contributed by atoms with E-state index in [1.165, 1.54) is 7.05 Å². The Kier molecular flexibility index (Phi) is 4.69. The van der Waals surface area contributed by atoms with Crippen molar-refractivity contribution >= 4 is 11.9 Å². The number of carbonyl (C=O) groups excluding carboxylic acids is 1. The Morgan fingerprint density at radius 3 is 2.35 bits per heavy atom. The number of aromatic nitrogens is 1. The van der Waals surface area contributed by atoms with Crippen molar-refractivity contribution in [3.63, 3.8) is 0 Å². The average molecular weight is 290 g/mol. The predicted octanol–water partition coefficient (Wildman–Crippen LogP) is 2.04. The number of pyridine rings is 1. The van der Waals surface area contributed by atoms with Gasteiger partial charge in [-0.3, -0.25) is 9.78 Å². The molecule has 0 aliphatic rings. The van der Waals surface area contributed by atoms with Crippen LogP contribution in [0.4, 0.5) is 13.2 Å². The molecular weight excluding hydrogens is 277 g/mol. The van der Waals surface area contributed by atoms with Crippen LogP contribution in [-0.2, 0) is 11.0 Å². The van der Waals surface area contributed by atoms with Crippen LogP contribution in [-0.4, -0.2) is 40.0 Å². The zero-order valence-corrected chi connectivity index (χ0v) is 10.8. The molecule has 0 saturated heterocycles. The van der Waals surface area contributed by atoms with Gasteiger partial charge < -0.3 is 10.0 Å². The molecule has 20 heavy (non-hydrogen) atoms. The maximum absolute atomic E-state index is 12.3. The Bertz CT molecular complexity index is 500. The number of carboxylic acid groups (broad SMARTS) is 1. The third-order valence-corrected chi connectivity index (χ3v) is 2.76. The molecule has 1 unspecified atom stereocenters. The van der Waals surface area contributed by atoms with Crippen LogP contribution < -0.4 is 0 Å². The van der Waals surface area contributed by atoms with Crippen molar-refractivity contribution < 1.29 is 27.9 Å². The van der Waals surface area contributed by atoms with Crippen LogP contribution >= 0.6 is 0 Å². The summed E-state index contributed by atoms with van der Waals surface area (Å²) in [6.07, 6.45) is -3.61. The summed E-state index contributed by atoms with van der Waals surface area (Å²) in [4.78, 5) is 27.0. The monoisotopic (exact) mass is 290 g/mol. The zero-order valence-electron chi connectivity index (χ0n) is 10.8. The van der Waals surface area contributed by atoms with E-state index in [1.807, 2.05) is 0 Å². The zero-order chi connectivity index (χ0) is 15.5. The second-order valence-corrected chi connectivity index (χ2v) is 4.11. The minimum Gasteiger partial charge on any atom is -0.480 e. The van der Waals surface area contributed by atoms with Gasteiger partial charge in [0, 0.05) is 13.2 Å². The molecule has 0 radical (unpaired) electrons. The Morgan fingerprint density at radius 1 is 1.40 bits per heavy atom.